The molecule has 0 aliphatic carbocycles. The Morgan fingerprint density at radius 3 is 2.37 bits per heavy atom. The lowest BCUT2D eigenvalue weighted by atomic mass is 10.2. The topological polar surface area (TPSA) is 76.6 Å². The number of aromatic nitrogens is 2. The van der Waals surface area contributed by atoms with Crippen LogP contribution in [0.15, 0.2) is 48.5 Å². The molecule has 2 aromatic carbocycles. The van der Waals surface area contributed by atoms with E-state index in [9.17, 15) is 4.79 Å². The van der Waals surface area contributed by atoms with E-state index in [-0.39, 0.29) is 5.91 Å². The van der Waals surface area contributed by atoms with Gasteiger partial charge in [0.1, 0.15) is 5.75 Å². The molecule has 1 fully saturated rings. The first-order valence-electron chi connectivity index (χ1n) is 8.79. The van der Waals surface area contributed by atoms with Crippen LogP contribution < -0.4 is 15.0 Å². The lowest BCUT2D eigenvalue weighted by Gasteiger charge is -2.29. The summed E-state index contributed by atoms with van der Waals surface area (Å²) in [6.07, 6.45) is 0. The van der Waals surface area contributed by atoms with E-state index in [0.717, 1.165) is 11.3 Å². The summed E-state index contributed by atoms with van der Waals surface area (Å²) in [5, 5.41) is 2.90. The number of methoxy groups -OCH3 is 1. The number of carbonyl (C=O) groups excluding carboxylic acids is 1. The minimum absolute atomic E-state index is 0.292. The van der Waals surface area contributed by atoms with Gasteiger partial charge in [0.05, 0.1) is 31.4 Å². The third kappa shape index (κ3) is 3.68. The van der Waals surface area contributed by atoms with Gasteiger partial charge in [-0.25, -0.2) is 9.97 Å². The summed E-state index contributed by atoms with van der Waals surface area (Å²) >= 11 is 0. The number of rotatable bonds is 4. The number of para-hydroxylation sites is 2. The highest BCUT2D eigenvalue weighted by Gasteiger charge is 2.23. The number of hydrogen-bond donors (Lipinski definition) is 1. The number of amides is 1. The number of morpholine rings is 1. The van der Waals surface area contributed by atoms with Crippen LogP contribution in [0.1, 0.15) is 10.5 Å². The first-order chi connectivity index (χ1) is 13.2. The Hall–Kier alpha value is -3.19. The van der Waals surface area contributed by atoms with Crippen molar-refractivity contribution in [2.24, 2.45) is 0 Å². The van der Waals surface area contributed by atoms with Crippen LogP contribution in [0.25, 0.3) is 11.0 Å². The van der Waals surface area contributed by atoms with Crippen molar-refractivity contribution >= 4 is 28.4 Å². The Morgan fingerprint density at radius 2 is 1.70 bits per heavy atom. The lowest BCUT2D eigenvalue weighted by Crippen LogP contribution is -2.38. The number of anilines is 2. The molecule has 0 bridgehead atoms. The van der Waals surface area contributed by atoms with Crippen molar-refractivity contribution in [3.05, 3.63) is 54.2 Å². The van der Waals surface area contributed by atoms with Gasteiger partial charge in [0.2, 0.25) is 0 Å². The Labute approximate surface area is 156 Å². The highest BCUT2D eigenvalue weighted by molar-refractivity contribution is 6.07. The number of carbonyl (C=O) groups is 1. The van der Waals surface area contributed by atoms with E-state index in [2.05, 4.69) is 10.3 Å². The summed E-state index contributed by atoms with van der Waals surface area (Å²) in [5.41, 5.74) is 2.43. The van der Waals surface area contributed by atoms with Crippen molar-refractivity contribution < 1.29 is 14.3 Å². The molecule has 7 heteroatoms. The van der Waals surface area contributed by atoms with Crippen molar-refractivity contribution in [1.29, 1.82) is 0 Å². The minimum Gasteiger partial charge on any atom is -0.497 e. The summed E-state index contributed by atoms with van der Waals surface area (Å²) in [4.78, 5) is 24.3. The van der Waals surface area contributed by atoms with Gasteiger partial charge < -0.3 is 19.7 Å². The number of ether oxygens (including phenoxy) is 2. The van der Waals surface area contributed by atoms with Gasteiger partial charge in [-0.2, -0.15) is 0 Å². The number of fused-ring (bicyclic) bond motifs is 1. The number of nitrogens with one attached hydrogen (secondary N) is 1. The van der Waals surface area contributed by atoms with Crippen LogP contribution in [-0.4, -0.2) is 49.3 Å². The third-order valence-corrected chi connectivity index (χ3v) is 4.43. The molecule has 1 aliphatic heterocycles. The molecule has 0 radical (unpaired) electrons. The Kier molecular flexibility index (Phi) is 4.84. The second kappa shape index (κ2) is 7.59. The van der Waals surface area contributed by atoms with Crippen LogP contribution in [0.2, 0.25) is 0 Å². The van der Waals surface area contributed by atoms with Crippen LogP contribution in [0.4, 0.5) is 11.5 Å². The van der Waals surface area contributed by atoms with Gasteiger partial charge in [0, 0.05) is 18.8 Å². The molecular formula is C20H20N4O3. The summed E-state index contributed by atoms with van der Waals surface area (Å²) in [5.74, 6) is 1.02. The number of benzene rings is 2. The van der Waals surface area contributed by atoms with Gasteiger partial charge in [-0.3, -0.25) is 4.79 Å². The molecule has 1 N–H and O–H groups in total. The molecule has 1 aliphatic rings. The molecule has 0 spiro atoms. The van der Waals surface area contributed by atoms with E-state index in [1.807, 2.05) is 29.2 Å². The summed E-state index contributed by atoms with van der Waals surface area (Å²) < 4.78 is 10.6. The fourth-order valence-electron chi connectivity index (χ4n) is 3.00. The zero-order valence-corrected chi connectivity index (χ0v) is 15.0. The smallest absolute Gasteiger partial charge is 0.278 e. The zero-order valence-electron chi connectivity index (χ0n) is 15.0. The average molecular weight is 364 g/mol. The van der Waals surface area contributed by atoms with Crippen LogP contribution >= 0.6 is 0 Å². The fraction of sp³-hybridized carbons (Fsp3) is 0.250. The van der Waals surface area contributed by atoms with Gasteiger partial charge in [-0.15, -0.1) is 0 Å². The number of nitrogens with zero attached hydrogens (tertiary/aromatic N) is 3. The molecule has 0 saturated carbocycles. The molecule has 27 heavy (non-hydrogen) atoms. The predicted molar refractivity (Wildman–Crippen MR) is 104 cm³/mol. The summed E-state index contributed by atoms with van der Waals surface area (Å²) in [7, 11) is 1.60. The number of hydrogen-bond acceptors (Lipinski definition) is 6. The molecule has 1 aromatic heterocycles. The van der Waals surface area contributed by atoms with Gasteiger partial charge in [-0.1, -0.05) is 12.1 Å². The van der Waals surface area contributed by atoms with Crippen molar-refractivity contribution in [1.82, 2.24) is 9.97 Å². The lowest BCUT2D eigenvalue weighted by molar-refractivity contribution is 0.102. The maximum absolute atomic E-state index is 13.0. The molecule has 3 aromatic rings. The van der Waals surface area contributed by atoms with Gasteiger partial charge in [0.15, 0.2) is 11.5 Å². The maximum Gasteiger partial charge on any atom is 0.278 e. The normalized spacial score (nSPS) is 14.2. The Balaban J connectivity index is 1.69. The SMILES string of the molecule is COc1ccc(NC(=O)c2nc3ccccc3nc2N2CCOCC2)cc1. The molecule has 4 rings (SSSR count). The van der Waals surface area contributed by atoms with E-state index >= 15 is 0 Å². The third-order valence-electron chi connectivity index (χ3n) is 4.43. The molecular weight excluding hydrogens is 344 g/mol. The average Bonchev–Trinajstić information content (AvgIpc) is 2.74. The van der Waals surface area contributed by atoms with Crippen molar-refractivity contribution in [2.75, 3.05) is 43.6 Å². The molecule has 0 unspecified atom stereocenters. The van der Waals surface area contributed by atoms with Crippen LogP contribution in [0.5, 0.6) is 5.75 Å². The molecule has 138 valence electrons. The Morgan fingerprint density at radius 1 is 1.04 bits per heavy atom. The highest BCUT2D eigenvalue weighted by Crippen LogP contribution is 2.23. The summed E-state index contributed by atoms with van der Waals surface area (Å²) in [6.45, 7) is 2.56. The van der Waals surface area contributed by atoms with E-state index in [1.165, 1.54) is 0 Å². The highest BCUT2D eigenvalue weighted by atomic mass is 16.5. The van der Waals surface area contributed by atoms with Crippen molar-refractivity contribution in [3.8, 4) is 5.75 Å². The quantitative estimate of drug-likeness (QED) is 0.767. The standard InChI is InChI=1S/C20H20N4O3/c1-26-15-8-6-14(7-9-15)21-20(25)18-19(24-10-12-27-13-11-24)23-17-5-3-2-4-16(17)22-18/h2-9H,10-13H2,1H3,(H,21,25). The molecule has 1 amide bonds. The van der Waals surface area contributed by atoms with Gasteiger partial charge in [-0.05, 0) is 36.4 Å². The van der Waals surface area contributed by atoms with Crippen LogP contribution in [-0.2, 0) is 4.74 Å². The molecule has 0 atom stereocenters. The Bertz CT molecular complexity index is 953. The van der Waals surface area contributed by atoms with E-state index in [1.54, 1.807) is 31.4 Å². The van der Waals surface area contributed by atoms with Crippen LogP contribution in [0, 0.1) is 0 Å². The van der Waals surface area contributed by atoms with Gasteiger partial charge in [0.25, 0.3) is 5.91 Å². The zero-order chi connectivity index (χ0) is 18.6. The second-order valence-electron chi connectivity index (χ2n) is 6.17. The monoisotopic (exact) mass is 364 g/mol. The van der Waals surface area contributed by atoms with Crippen LogP contribution in [0.3, 0.4) is 0 Å². The minimum atomic E-state index is -0.292. The van der Waals surface area contributed by atoms with E-state index in [0.29, 0.717) is 49.0 Å². The van der Waals surface area contributed by atoms with E-state index < -0.39 is 0 Å². The molecule has 2 heterocycles. The first kappa shape index (κ1) is 17.2. The van der Waals surface area contributed by atoms with Gasteiger partial charge >= 0.3 is 0 Å². The fourth-order valence-corrected chi connectivity index (χ4v) is 3.00. The molecule has 1 saturated heterocycles. The molecule has 7 nitrogen and oxygen atoms in total. The first-order valence-corrected chi connectivity index (χ1v) is 8.79. The summed E-state index contributed by atoms with van der Waals surface area (Å²) in [6, 6.07) is 14.7. The van der Waals surface area contributed by atoms with Crippen molar-refractivity contribution in [3.63, 3.8) is 0 Å². The maximum atomic E-state index is 13.0. The second-order valence-corrected chi connectivity index (χ2v) is 6.17. The van der Waals surface area contributed by atoms with E-state index in [4.69, 9.17) is 14.5 Å². The largest absolute Gasteiger partial charge is 0.497 e. The predicted octanol–water partition coefficient (Wildman–Crippen LogP) is 2.73. The van der Waals surface area contributed by atoms with Crippen molar-refractivity contribution in [2.45, 2.75) is 0 Å².